The maximum atomic E-state index is 13.9. The van der Waals surface area contributed by atoms with Crippen LogP contribution in [-0.2, 0) is 14.4 Å². The smallest absolute Gasteiger partial charge is 0.305 e. The second-order valence-electron chi connectivity index (χ2n) is 6.01. The second kappa shape index (κ2) is 9.39. The van der Waals surface area contributed by atoms with E-state index in [9.17, 15) is 23.2 Å². The van der Waals surface area contributed by atoms with Gasteiger partial charge in [-0.1, -0.05) is 0 Å². The number of hydrogen-bond donors (Lipinski definition) is 6. The summed E-state index contributed by atoms with van der Waals surface area (Å²) in [4.78, 5) is 34.9. The van der Waals surface area contributed by atoms with Crippen molar-refractivity contribution in [3.63, 3.8) is 0 Å². The first-order valence-corrected chi connectivity index (χ1v) is 8.31. The standard InChI is InChI=1S/C17H18F2N6O4/c18-9-5-8(17(20)21)6-10(19)16(9)24-14(27)2-1-13(26)23-12(7-15(28)29)11-3-4-22-25-11/h3-6,12H,1-2,7H2,(H3,20,21)(H,22,25)(H,23,26)(H,24,27)(H,28,29). The average molecular weight is 408 g/mol. The molecule has 0 fully saturated rings. The quantitative estimate of drug-likeness (QED) is 0.267. The lowest BCUT2D eigenvalue weighted by Crippen LogP contribution is -2.31. The van der Waals surface area contributed by atoms with E-state index in [0.717, 1.165) is 12.1 Å². The van der Waals surface area contributed by atoms with Crippen LogP contribution >= 0.6 is 0 Å². The lowest BCUT2D eigenvalue weighted by atomic mass is 10.1. The Morgan fingerprint density at radius 3 is 2.34 bits per heavy atom. The highest BCUT2D eigenvalue weighted by Crippen LogP contribution is 2.21. The van der Waals surface area contributed by atoms with Gasteiger partial charge in [0.05, 0.1) is 18.2 Å². The Bertz CT molecular complexity index is 909. The third kappa shape index (κ3) is 6.09. The molecule has 0 radical (unpaired) electrons. The van der Waals surface area contributed by atoms with E-state index in [1.165, 1.54) is 12.3 Å². The van der Waals surface area contributed by atoms with Gasteiger partial charge in [-0.2, -0.15) is 5.10 Å². The fraction of sp³-hybridized carbons (Fsp3) is 0.235. The number of rotatable bonds is 9. The molecule has 1 unspecified atom stereocenters. The Labute approximate surface area is 163 Å². The Morgan fingerprint density at radius 2 is 1.83 bits per heavy atom. The van der Waals surface area contributed by atoms with Crippen LogP contribution in [0.2, 0.25) is 0 Å². The number of nitrogens with one attached hydrogen (secondary N) is 4. The van der Waals surface area contributed by atoms with Crippen LogP contribution in [0.5, 0.6) is 0 Å². The molecule has 29 heavy (non-hydrogen) atoms. The fourth-order valence-electron chi connectivity index (χ4n) is 2.42. The van der Waals surface area contributed by atoms with Crippen LogP contribution in [0.15, 0.2) is 24.4 Å². The number of aromatic amines is 1. The minimum Gasteiger partial charge on any atom is -0.481 e. The SMILES string of the molecule is N=C(N)c1cc(F)c(NC(=O)CCC(=O)NC(CC(=O)O)c2ccn[nH]2)c(F)c1. The minimum atomic E-state index is -1.15. The molecule has 1 atom stereocenters. The lowest BCUT2D eigenvalue weighted by molar-refractivity contribution is -0.138. The zero-order valence-corrected chi connectivity index (χ0v) is 15.0. The minimum absolute atomic E-state index is 0.180. The van der Waals surface area contributed by atoms with Gasteiger partial charge in [0.15, 0.2) is 0 Å². The Hall–Kier alpha value is -3.83. The molecule has 1 heterocycles. The number of amidine groups is 1. The van der Waals surface area contributed by atoms with Crippen molar-refractivity contribution in [1.82, 2.24) is 15.5 Å². The Morgan fingerprint density at radius 1 is 1.21 bits per heavy atom. The topological polar surface area (TPSA) is 174 Å². The molecule has 1 aromatic carbocycles. The van der Waals surface area contributed by atoms with Gasteiger partial charge in [-0.3, -0.25) is 24.9 Å². The van der Waals surface area contributed by atoms with E-state index in [2.05, 4.69) is 15.5 Å². The maximum Gasteiger partial charge on any atom is 0.305 e. The number of nitrogens with two attached hydrogens (primary N) is 1. The van der Waals surface area contributed by atoms with Gasteiger partial charge in [0.2, 0.25) is 11.8 Å². The van der Waals surface area contributed by atoms with Crippen molar-refractivity contribution >= 4 is 29.3 Å². The van der Waals surface area contributed by atoms with Gasteiger partial charge in [-0.25, -0.2) is 8.78 Å². The van der Waals surface area contributed by atoms with E-state index >= 15 is 0 Å². The summed E-state index contributed by atoms with van der Waals surface area (Å²) in [5.74, 6) is -5.38. The van der Waals surface area contributed by atoms with Gasteiger partial charge in [-0.05, 0) is 18.2 Å². The first-order valence-electron chi connectivity index (χ1n) is 8.31. The summed E-state index contributed by atoms with van der Waals surface area (Å²) in [6.45, 7) is 0. The van der Waals surface area contributed by atoms with E-state index in [0.29, 0.717) is 5.69 Å². The normalized spacial score (nSPS) is 11.5. The van der Waals surface area contributed by atoms with E-state index in [-0.39, 0.29) is 12.0 Å². The highest BCUT2D eigenvalue weighted by Gasteiger charge is 2.20. The lowest BCUT2D eigenvalue weighted by Gasteiger charge is -2.15. The van der Waals surface area contributed by atoms with E-state index < -0.39 is 59.8 Å². The van der Waals surface area contributed by atoms with Gasteiger partial charge in [0.25, 0.3) is 0 Å². The molecule has 1 aromatic heterocycles. The highest BCUT2D eigenvalue weighted by molar-refractivity contribution is 5.97. The van der Waals surface area contributed by atoms with Crippen molar-refractivity contribution < 1.29 is 28.3 Å². The number of nitrogens with zero attached hydrogens (tertiary/aromatic N) is 1. The third-order valence-corrected chi connectivity index (χ3v) is 3.81. The first kappa shape index (κ1) is 21.5. The number of carbonyl (C=O) groups is 3. The number of amides is 2. The molecule has 0 aliphatic heterocycles. The number of halogens is 2. The van der Waals surface area contributed by atoms with Crippen molar-refractivity contribution in [2.24, 2.45) is 5.73 Å². The Balaban J connectivity index is 1.94. The van der Waals surface area contributed by atoms with E-state index in [1.807, 2.05) is 5.32 Å². The molecule has 0 aliphatic carbocycles. The average Bonchev–Trinajstić information content (AvgIpc) is 3.16. The maximum absolute atomic E-state index is 13.9. The summed E-state index contributed by atoms with van der Waals surface area (Å²) in [5, 5.41) is 26.8. The highest BCUT2D eigenvalue weighted by atomic mass is 19.1. The van der Waals surface area contributed by atoms with Crippen LogP contribution < -0.4 is 16.4 Å². The van der Waals surface area contributed by atoms with Gasteiger partial charge in [0, 0.05) is 24.6 Å². The number of hydrogen-bond acceptors (Lipinski definition) is 5. The molecule has 0 spiro atoms. The van der Waals surface area contributed by atoms with Crippen LogP contribution in [-0.4, -0.2) is 38.9 Å². The predicted octanol–water partition coefficient (Wildman–Crippen LogP) is 1.02. The predicted molar refractivity (Wildman–Crippen MR) is 97.0 cm³/mol. The number of H-pyrrole nitrogens is 1. The van der Waals surface area contributed by atoms with Crippen molar-refractivity contribution in [3.05, 3.63) is 47.3 Å². The molecule has 0 bridgehead atoms. The number of nitrogen functional groups attached to an aromatic ring is 1. The Kier molecular flexibility index (Phi) is 6.95. The van der Waals surface area contributed by atoms with E-state index in [4.69, 9.17) is 16.2 Å². The number of benzene rings is 1. The summed E-state index contributed by atoms with van der Waals surface area (Å²) in [6, 6.07) is 2.22. The number of carbonyl (C=O) groups excluding carboxylic acids is 2. The fourth-order valence-corrected chi connectivity index (χ4v) is 2.42. The second-order valence-corrected chi connectivity index (χ2v) is 6.01. The molecule has 154 valence electrons. The number of aromatic nitrogens is 2. The third-order valence-electron chi connectivity index (χ3n) is 3.81. The zero-order chi connectivity index (χ0) is 21.6. The molecule has 2 amide bonds. The number of carboxylic acids is 1. The number of anilines is 1. The van der Waals surface area contributed by atoms with Gasteiger partial charge in [0.1, 0.15) is 23.2 Å². The largest absolute Gasteiger partial charge is 0.481 e. The van der Waals surface area contributed by atoms with Gasteiger partial charge < -0.3 is 21.5 Å². The summed E-state index contributed by atoms with van der Waals surface area (Å²) in [5.41, 5.74) is 4.64. The van der Waals surface area contributed by atoms with Gasteiger partial charge >= 0.3 is 5.97 Å². The van der Waals surface area contributed by atoms with Crippen LogP contribution in [0.25, 0.3) is 0 Å². The van der Waals surface area contributed by atoms with Crippen LogP contribution in [0.1, 0.15) is 36.6 Å². The first-order chi connectivity index (χ1) is 13.7. The van der Waals surface area contributed by atoms with Crippen molar-refractivity contribution in [2.75, 3.05) is 5.32 Å². The molecule has 12 heteroatoms. The molecule has 0 aliphatic rings. The molecule has 0 saturated heterocycles. The van der Waals surface area contributed by atoms with Crippen LogP contribution in [0, 0.1) is 17.0 Å². The molecule has 7 N–H and O–H groups in total. The zero-order valence-electron chi connectivity index (χ0n) is 15.0. The molecule has 2 rings (SSSR count). The number of carboxylic acid groups (broad SMARTS) is 1. The molecule has 10 nitrogen and oxygen atoms in total. The van der Waals surface area contributed by atoms with Crippen LogP contribution in [0.3, 0.4) is 0 Å². The summed E-state index contributed by atoms with van der Waals surface area (Å²) < 4.78 is 27.9. The van der Waals surface area contributed by atoms with Crippen molar-refractivity contribution in [2.45, 2.75) is 25.3 Å². The molecular weight excluding hydrogens is 390 g/mol. The van der Waals surface area contributed by atoms with Crippen molar-refractivity contribution in [3.8, 4) is 0 Å². The van der Waals surface area contributed by atoms with E-state index in [1.54, 1.807) is 0 Å². The monoisotopic (exact) mass is 408 g/mol. The van der Waals surface area contributed by atoms with Crippen LogP contribution in [0.4, 0.5) is 14.5 Å². The number of aliphatic carboxylic acids is 1. The van der Waals surface area contributed by atoms with Crippen molar-refractivity contribution in [1.29, 1.82) is 5.41 Å². The van der Waals surface area contributed by atoms with Gasteiger partial charge in [-0.15, -0.1) is 0 Å². The molecule has 0 saturated carbocycles. The molecular formula is C17H18F2N6O4. The summed E-state index contributed by atoms with van der Waals surface area (Å²) >= 11 is 0. The molecule has 2 aromatic rings. The summed E-state index contributed by atoms with van der Waals surface area (Å²) in [7, 11) is 0. The summed E-state index contributed by atoms with van der Waals surface area (Å²) in [6.07, 6.45) is 0.246.